The average Bonchev–Trinajstić information content (AvgIpc) is 2.34. The molecule has 15 heteroatoms. The minimum absolute atomic E-state index is 0.611. The molecular weight excluding hydrogens is 364 g/mol. The zero-order valence-electron chi connectivity index (χ0n) is 11.6. The van der Waals surface area contributed by atoms with Crippen LogP contribution < -0.4 is 5.32 Å². The van der Waals surface area contributed by atoms with Gasteiger partial charge in [-0.15, -0.1) is 0 Å². The van der Waals surface area contributed by atoms with Crippen LogP contribution in [0.1, 0.15) is 6.92 Å². The second-order valence-corrected chi connectivity index (χ2v) is 7.36. The van der Waals surface area contributed by atoms with Gasteiger partial charge in [-0.2, -0.15) is 4.31 Å². The van der Waals surface area contributed by atoms with Gasteiger partial charge in [-0.3, -0.25) is 9.32 Å². The number of phosphoric acid groups is 2. The molecule has 13 nitrogen and oxygen atoms in total. The maximum absolute atomic E-state index is 11.4. The van der Waals surface area contributed by atoms with Gasteiger partial charge in [-0.1, -0.05) is 0 Å². The number of aliphatic hydroxyl groups is 3. The van der Waals surface area contributed by atoms with Gasteiger partial charge < -0.3 is 40.1 Å². The first-order valence-electron chi connectivity index (χ1n) is 6.04. The van der Waals surface area contributed by atoms with E-state index in [1.54, 1.807) is 0 Å². The first kappa shape index (κ1) is 20.6. The van der Waals surface area contributed by atoms with Crippen molar-refractivity contribution in [3.8, 4) is 0 Å². The third-order valence-corrected chi connectivity index (χ3v) is 4.85. The summed E-state index contributed by atoms with van der Waals surface area (Å²) >= 11 is 0. The Morgan fingerprint density at radius 2 is 1.78 bits per heavy atom. The molecule has 0 spiro atoms. The lowest BCUT2D eigenvalue weighted by Gasteiger charge is -2.42. The third kappa shape index (κ3) is 6.18. The number of nitrogens with one attached hydrogen (secondary N) is 1. The molecule has 1 heterocycles. The van der Waals surface area contributed by atoms with Crippen molar-refractivity contribution >= 4 is 21.6 Å². The minimum atomic E-state index is -5.39. The molecule has 0 aromatic carbocycles. The number of hydrogen-bond acceptors (Lipinski definition) is 9. The van der Waals surface area contributed by atoms with Crippen molar-refractivity contribution < 1.29 is 57.5 Å². The Morgan fingerprint density at radius 1 is 1.22 bits per heavy atom. The maximum Gasteiger partial charge on any atom is 0.483 e. The van der Waals surface area contributed by atoms with Crippen LogP contribution in [0.5, 0.6) is 0 Å². The topological polar surface area (TPSA) is 212 Å². The molecule has 7 N–H and O–H groups in total. The van der Waals surface area contributed by atoms with Crippen molar-refractivity contribution in [2.75, 3.05) is 6.61 Å². The van der Waals surface area contributed by atoms with Crippen molar-refractivity contribution in [1.29, 1.82) is 0 Å². The van der Waals surface area contributed by atoms with Gasteiger partial charge in [0.05, 0.1) is 12.6 Å². The summed E-state index contributed by atoms with van der Waals surface area (Å²) in [6, 6.07) is -1.26. The van der Waals surface area contributed by atoms with E-state index >= 15 is 0 Å². The molecule has 0 aromatic heterocycles. The molecular formula is C8H17NO12P2. The molecule has 1 rings (SSSR count). The SMILES string of the molecule is CC(=O)N[C@H]1[C@H](O)[C@@H](O)[C@@H](OP(=O)(O)OP(=O)(O)O)O[C@@H]1CO. The summed E-state index contributed by atoms with van der Waals surface area (Å²) in [6.45, 7) is 0.329. The van der Waals surface area contributed by atoms with Crippen LogP contribution >= 0.6 is 15.6 Å². The summed E-state index contributed by atoms with van der Waals surface area (Å²) in [5.74, 6) is -0.611. The summed E-state index contributed by atoms with van der Waals surface area (Å²) in [7, 11) is -10.7. The molecule has 23 heavy (non-hydrogen) atoms. The monoisotopic (exact) mass is 381 g/mol. The van der Waals surface area contributed by atoms with Crippen LogP contribution in [0, 0.1) is 0 Å². The third-order valence-electron chi connectivity index (χ3n) is 2.70. The van der Waals surface area contributed by atoms with Gasteiger partial charge >= 0.3 is 15.6 Å². The van der Waals surface area contributed by atoms with E-state index in [4.69, 9.17) is 19.6 Å². The van der Waals surface area contributed by atoms with E-state index < -0.39 is 58.8 Å². The van der Waals surface area contributed by atoms with E-state index in [9.17, 15) is 29.0 Å². The predicted molar refractivity (Wildman–Crippen MR) is 69.4 cm³/mol. The average molecular weight is 381 g/mol. The molecule has 1 amide bonds. The first-order chi connectivity index (χ1) is 10.4. The minimum Gasteiger partial charge on any atom is -0.394 e. The van der Waals surface area contributed by atoms with E-state index in [0.717, 1.165) is 6.92 Å². The van der Waals surface area contributed by atoms with Crippen LogP contribution in [0.25, 0.3) is 0 Å². The van der Waals surface area contributed by atoms with E-state index in [2.05, 4.69) is 14.2 Å². The van der Waals surface area contributed by atoms with Crippen molar-refractivity contribution in [1.82, 2.24) is 5.32 Å². The predicted octanol–water partition coefficient (Wildman–Crippen LogP) is -2.84. The molecule has 6 atom stereocenters. The number of ether oxygens (including phenoxy) is 1. The Balaban J connectivity index is 2.88. The largest absolute Gasteiger partial charge is 0.483 e. The molecule has 1 aliphatic heterocycles. The lowest BCUT2D eigenvalue weighted by atomic mass is 9.96. The Kier molecular flexibility index (Phi) is 6.84. The number of amides is 1. The molecule has 0 bridgehead atoms. The van der Waals surface area contributed by atoms with Gasteiger partial charge in [-0.05, 0) is 0 Å². The Bertz CT molecular complexity index is 519. The van der Waals surface area contributed by atoms with Crippen LogP contribution in [0.3, 0.4) is 0 Å². The second kappa shape index (κ2) is 7.64. The highest BCUT2D eigenvalue weighted by Gasteiger charge is 2.48. The highest BCUT2D eigenvalue weighted by molar-refractivity contribution is 7.60. The molecule has 1 fully saturated rings. The lowest BCUT2D eigenvalue weighted by Crippen LogP contribution is -2.64. The fourth-order valence-corrected chi connectivity index (χ4v) is 3.54. The Morgan fingerprint density at radius 3 is 2.22 bits per heavy atom. The van der Waals surface area contributed by atoms with E-state index in [0.29, 0.717) is 0 Å². The van der Waals surface area contributed by atoms with Gasteiger partial charge in [0.15, 0.2) is 6.29 Å². The molecule has 1 unspecified atom stereocenters. The molecule has 0 saturated carbocycles. The number of aliphatic hydroxyl groups excluding tert-OH is 3. The fourth-order valence-electron chi connectivity index (χ4n) is 1.87. The summed E-state index contributed by atoms with van der Waals surface area (Å²) in [5, 5.41) is 31.0. The van der Waals surface area contributed by atoms with Crippen LogP contribution in [-0.2, 0) is 27.5 Å². The van der Waals surface area contributed by atoms with E-state index in [1.165, 1.54) is 0 Å². The highest BCUT2D eigenvalue weighted by atomic mass is 31.3. The Labute approximate surface area is 129 Å². The van der Waals surface area contributed by atoms with Crippen LogP contribution in [0.15, 0.2) is 0 Å². The van der Waals surface area contributed by atoms with Crippen LogP contribution in [0.2, 0.25) is 0 Å². The first-order valence-corrected chi connectivity index (χ1v) is 9.06. The summed E-state index contributed by atoms with van der Waals surface area (Å²) < 4.78 is 34.7. The number of phosphoric ester groups is 1. The van der Waals surface area contributed by atoms with Crippen molar-refractivity contribution in [2.45, 2.75) is 37.6 Å². The molecule has 1 aliphatic rings. The number of hydrogen-bond donors (Lipinski definition) is 7. The molecule has 0 aliphatic carbocycles. The van der Waals surface area contributed by atoms with Crippen LogP contribution in [0.4, 0.5) is 0 Å². The van der Waals surface area contributed by atoms with Gasteiger partial charge in [0, 0.05) is 6.92 Å². The molecule has 0 aromatic rings. The van der Waals surface area contributed by atoms with Gasteiger partial charge in [-0.25, -0.2) is 9.13 Å². The van der Waals surface area contributed by atoms with Crippen molar-refractivity contribution in [3.63, 3.8) is 0 Å². The van der Waals surface area contributed by atoms with Gasteiger partial charge in [0.25, 0.3) is 0 Å². The normalized spacial score (nSPS) is 34.7. The standard InChI is InChI=1S/C8H17NO12P2/c1-3(11)9-5-4(2-10)19-8(7(13)6(5)12)20-23(17,18)21-22(14,15)16/h4-8,10,12-13H,2H2,1H3,(H,9,11)(H,17,18)(H2,14,15,16)/t4-,5-,6+,7-,8-/m1/s1. The molecule has 136 valence electrons. The number of carbonyl (C=O) groups excluding carboxylic acids is 1. The fraction of sp³-hybridized carbons (Fsp3) is 0.875. The molecule has 0 radical (unpaired) electrons. The van der Waals surface area contributed by atoms with E-state index in [1.807, 2.05) is 0 Å². The van der Waals surface area contributed by atoms with Gasteiger partial charge in [0.2, 0.25) is 5.91 Å². The Hall–Kier alpha value is -0.430. The van der Waals surface area contributed by atoms with Gasteiger partial charge in [0.1, 0.15) is 18.3 Å². The number of carbonyl (C=O) groups is 1. The highest BCUT2D eigenvalue weighted by Crippen LogP contribution is 2.58. The smallest absolute Gasteiger partial charge is 0.394 e. The lowest BCUT2D eigenvalue weighted by molar-refractivity contribution is -0.255. The quantitative estimate of drug-likeness (QED) is 0.232. The van der Waals surface area contributed by atoms with Crippen molar-refractivity contribution in [2.24, 2.45) is 0 Å². The van der Waals surface area contributed by atoms with Crippen LogP contribution in [-0.4, -0.2) is 73.2 Å². The second-order valence-electron chi connectivity index (χ2n) is 4.58. The zero-order valence-corrected chi connectivity index (χ0v) is 13.4. The van der Waals surface area contributed by atoms with E-state index in [-0.39, 0.29) is 0 Å². The number of rotatable bonds is 6. The summed E-state index contributed by atoms with van der Waals surface area (Å²) in [5.41, 5.74) is 0. The maximum atomic E-state index is 11.4. The van der Waals surface area contributed by atoms with Crippen molar-refractivity contribution in [3.05, 3.63) is 0 Å². The molecule has 1 saturated heterocycles. The summed E-state index contributed by atoms with van der Waals surface area (Å²) in [4.78, 5) is 37.2. The zero-order chi connectivity index (χ0) is 18.0. The summed E-state index contributed by atoms with van der Waals surface area (Å²) in [6.07, 6.45) is -7.16.